The van der Waals surface area contributed by atoms with Gasteiger partial charge in [-0.1, -0.05) is 65.3 Å². The van der Waals surface area contributed by atoms with Crippen molar-refractivity contribution in [3.05, 3.63) is 69.7 Å². The van der Waals surface area contributed by atoms with Crippen LogP contribution in [0.2, 0.25) is 0 Å². The number of benzene rings is 2. The average Bonchev–Trinajstić information content (AvgIpc) is 2.74. The zero-order chi connectivity index (χ0) is 23.8. The lowest BCUT2D eigenvalue weighted by Gasteiger charge is -2.25. The summed E-state index contributed by atoms with van der Waals surface area (Å²) in [5, 5.41) is 2.83. The first kappa shape index (κ1) is 26.7. The number of carbonyl (C=O) groups is 1. The second-order valence-corrected chi connectivity index (χ2v) is 10.3. The van der Waals surface area contributed by atoms with Gasteiger partial charge in [-0.2, -0.15) is 8.78 Å². The zero-order valence-corrected chi connectivity index (χ0v) is 20.7. The van der Waals surface area contributed by atoms with Crippen molar-refractivity contribution in [2.45, 2.75) is 57.7 Å². The molecule has 9 heteroatoms. The quantitative estimate of drug-likeness (QED) is 0.320. The van der Waals surface area contributed by atoms with Gasteiger partial charge in [0.05, 0.1) is 6.10 Å². The molecule has 2 rings (SSSR count). The highest BCUT2D eigenvalue weighted by Gasteiger charge is 2.54. The van der Waals surface area contributed by atoms with Crippen LogP contribution in [0.1, 0.15) is 49.8 Å². The molecule has 0 bridgehead atoms. The van der Waals surface area contributed by atoms with E-state index in [0.717, 1.165) is 18.9 Å². The van der Waals surface area contributed by atoms with Crippen LogP contribution in [0, 0.1) is 0 Å². The summed E-state index contributed by atoms with van der Waals surface area (Å²) in [6, 6.07) is 14.0. The van der Waals surface area contributed by atoms with Crippen molar-refractivity contribution in [3.8, 4) is 0 Å². The van der Waals surface area contributed by atoms with Gasteiger partial charge in [-0.3, -0.25) is 9.36 Å². The first-order valence-electron chi connectivity index (χ1n) is 10.6. The molecule has 0 aliphatic heterocycles. The van der Waals surface area contributed by atoms with E-state index in [-0.39, 0.29) is 10.4 Å². The highest BCUT2D eigenvalue weighted by Crippen LogP contribution is 2.64. The first-order chi connectivity index (χ1) is 15.1. The van der Waals surface area contributed by atoms with E-state index in [9.17, 15) is 23.0 Å². The summed E-state index contributed by atoms with van der Waals surface area (Å²) in [6.07, 6.45) is 1.97. The van der Waals surface area contributed by atoms with Crippen LogP contribution in [0.4, 0.5) is 8.78 Å². The Morgan fingerprint density at radius 1 is 1.19 bits per heavy atom. The van der Waals surface area contributed by atoms with Gasteiger partial charge in [-0.15, -0.1) is 0 Å². The minimum absolute atomic E-state index is 0.0104. The number of rotatable bonds is 12. The van der Waals surface area contributed by atoms with Crippen LogP contribution < -0.4 is 5.32 Å². The molecular formula is C23H29BrF2NO4P. The molecule has 0 radical (unpaired) electrons. The number of nitrogens with one attached hydrogen (secondary N) is 1. The molecule has 0 saturated heterocycles. The van der Waals surface area contributed by atoms with E-state index in [1.54, 1.807) is 6.92 Å². The molecule has 2 aromatic carbocycles. The van der Waals surface area contributed by atoms with Crippen molar-refractivity contribution in [3.63, 3.8) is 0 Å². The van der Waals surface area contributed by atoms with Crippen LogP contribution >= 0.6 is 23.5 Å². The van der Waals surface area contributed by atoms with Crippen molar-refractivity contribution < 1.29 is 27.6 Å². The minimum atomic E-state index is -5.22. The summed E-state index contributed by atoms with van der Waals surface area (Å²) in [5.41, 5.74) is -2.78. The van der Waals surface area contributed by atoms with E-state index in [1.807, 2.05) is 30.3 Å². The lowest BCUT2D eigenvalue weighted by molar-refractivity contribution is -0.121. The molecule has 2 N–H and O–H groups in total. The van der Waals surface area contributed by atoms with Crippen molar-refractivity contribution >= 4 is 29.4 Å². The molecule has 5 nitrogen and oxygen atoms in total. The van der Waals surface area contributed by atoms with Crippen molar-refractivity contribution in [1.29, 1.82) is 0 Å². The second-order valence-electron chi connectivity index (χ2n) is 7.64. The third-order valence-corrected chi connectivity index (χ3v) is 7.31. The van der Waals surface area contributed by atoms with Gasteiger partial charge in [0.15, 0.2) is 0 Å². The summed E-state index contributed by atoms with van der Waals surface area (Å²) in [5.74, 6) is -0.0634. The molecular weight excluding hydrogens is 503 g/mol. The molecule has 0 fully saturated rings. The number of halogens is 3. The summed E-state index contributed by atoms with van der Waals surface area (Å²) in [6.45, 7) is 3.50. The molecule has 2 aromatic rings. The fourth-order valence-electron chi connectivity index (χ4n) is 3.03. The van der Waals surface area contributed by atoms with Crippen LogP contribution in [0.15, 0.2) is 53.0 Å². The number of amides is 1. The number of alkyl halides is 2. The second kappa shape index (κ2) is 12.0. The Bertz CT molecular complexity index is 943. The molecule has 32 heavy (non-hydrogen) atoms. The van der Waals surface area contributed by atoms with E-state index in [4.69, 9.17) is 4.52 Å². The summed E-state index contributed by atoms with van der Waals surface area (Å²) in [7, 11) is -5.22. The average molecular weight is 532 g/mol. The third kappa shape index (κ3) is 7.48. The van der Waals surface area contributed by atoms with E-state index in [0.29, 0.717) is 31.4 Å². The topological polar surface area (TPSA) is 75.6 Å². The van der Waals surface area contributed by atoms with Crippen LogP contribution in [-0.4, -0.2) is 23.4 Å². The largest absolute Gasteiger partial charge is 0.402 e. The van der Waals surface area contributed by atoms with Gasteiger partial charge in [0.2, 0.25) is 5.91 Å². The zero-order valence-electron chi connectivity index (χ0n) is 18.2. The number of hydrogen-bond acceptors (Lipinski definition) is 3. The fourth-order valence-corrected chi connectivity index (χ4v) is 5.12. The Kier molecular flexibility index (Phi) is 10.0. The Morgan fingerprint density at radius 2 is 1.88 bits per heavy atom. The summed E-state index contributed by atoms with van der Waals surface area (Å²) < 4.78 is 46.3. The molecule has 2 atom stereocenters. The van der Waals surface area contributed by atoms with Crippen LogP contribution in [0.25, 0.3) is 0 Å². The number of carbonyl (C=O) groups excluding carboxylic acids is 1. The highest BCUT2D eigenvalue weighted by molar-refractivity contribution is 9.10. The Labute approximate surface area is 196 Å². The summed E-state index contributed by atoms with van der Waals surface area (Å²) in [4.78, 5) is 21.9. The molecule has 1 amide bonds. The van der Waals surface area contributed by atoms with Crippen LogP contribution in [0.5, 0.6) is 0 Å². The van der Waals surface area contributed by atoms with Crippen LogP contribution in [-0.2, 0) is 32.4 Å². The lowest BCUT2D eigenvalue weighted by Crippen LogP contribution is -2.25. The Balaban J connectivity index is 1.87. The standard InChI is InChI=1S/C23H29BrF2NO4P/c1-3-17(2)31-32(29,30)23(25,26)20-13-12-19(16-21(20)24)14-15-27-22(28)11-7-10-18-8-5-4-6-9-18/h4-6,8-9,12-13,16-17H,3,7,10-11,14-15H2,1-2H3,(H,27,28)(H,29,30). The molecule has 0 aliphatic carbocycles. The van der Waals surface area contributed by atoms with E-state index in [1.165, 1.54) is 24.6 Å². The highest BCUT2D eigenvalue weighted by atomic mass is 79.9. The normalized spacial score (nSPS) is 14.6. The lowest BCUT2D eigenvalue weighted by atomic mass is 10.1. The molecule has 0 aromatic heterocycles. The van der Waals surface area contributed by atoms with Gasteiger partial charge in [0.1, 0.15) is 0 Å². The fraction of sp³-hybridized carbons (Fsp3) is 0.435. The molecule has 0 heterocycles. The Morgan fingerprint density at radius 3 is 2.50 bits per heavy atom. The van der Waals surface area contributed by atoms with Gasteiger partial charge < -0.3 is 14.7 Å². The van der Waals surface area contributed by atoms with Gasteiger partial charge in [0.25, 0.3) is 0 Å². The van der Waals surface area contributed by atoms with Crippen molar-refractivity contribution in [1.82, 2.24) is 5.32 Å². The maximum absolute atomic E-state index is 14.7. The van der Waals surface area contributed by atoms with E-state index in [2.05, 4.69) is 21.2 Å². The monoisotopic (exact) mass is 531 g/mol. The third-order valence-electron chi connectivity index (χ3n) is 5.06. The minimum Gasteiger partial charge on any atom is -0.356 e. The molecule has 2 unspecified atom stereocenters. The first-order valence-corrected chi connectivity index (χ1v) is 12.9. The molecule has 176 valence electrons. The van der Waals surface area contributed by atoms with Crippen molar-refractivity contribution in [2.75, 3.05) is 6.54 Å². The van der Waals surface area contributed by atoms with Gasteiger partial charge in [0, 0.05) is 23.0 Å². The number of hydrogen-bond donors (Lipinski definition) is 2. The van der Waals surface area contributed by atoms with E-state index < -0.39 is 24.9 Å². The SMILES string of the molecule is CCC(C)OP(=O)(O)C(F)(F)c1ccc(CCNC(=O)CCCc2ccccc2)cc1Br. The smallest absolute Gasteiger partial charge is 0.356 e. The van der Waals surface area contributed by atoms with Crippen molar-refractivity contribution in [2.24, 2.45) is 0 Å². The molecule has 0 spiro atoms. The molecule has 0 saturated carbocycles. The predicted octanol–water partition coefficient (Wildman–Crippen LogP) is 6.18. The molecule has 0 aliphatic rings. The van der Waals surface area contributed by atoms with Gasteiger partial charge in [-0.25, -0.2) is 0 Å². The van der Waals surface area contributed by atoms with Gasteiger partial charge >= 0.3 is 13.3 Å². The predicted molar refractivity (Wildman–Crippen MR) is 125 cm³/mol. The summed E-state index contributed by atoms with van der Waals surface area (Å²) >= 11 is 3.08. The van der Waals surface area contributed by atoms with Crippen LogP contribution in [0.3, 0.4) is 0 Å². The van der Waals surface area contributed by atoms with Gasteiger partial charge in [-0.05, 0) is 49.8 Å². The maximum Gasteiger partial charge on any atom is 0.402 e. The maximum atomic E-state index is 14.7. The van der Waals surface area contributed by atoms with E-state index >= 15 is 0 Å². The Hall–Kier alpha value is -1.60. The number of aryl methyl sites for hydroxylation is 1.